The smallest absolute Gasteiger partial charge is 0.268 e. The SMILES string of the molecule is CCC[C@H](NC(=O)c1cc2ccccc2n1C)C(=O)NCC1CN(S(=O)(=O)c2ccc(Cl)cc2Cl)CCO1. The molecule has 2 atom stereocenters. The maximum atomic E-state index is 13.2. The minimum absolute atomic E-state index is 0.0349. The van der Waals surface area contributed by atoms with Gasteiger partial charge in [0.2, 0.25) is 15.9 Å². The van der Waals surface area contributed by atoms with Gasteiger partial charge in [-0.1, -0.05) is 54.7 Å². The minimum Gasteiger partial charge on any atom is -0.374 e. The first-order chi connectivity index (χ1) is 18.1. The van der Waals surface area contributed by atoms with Gasteiger partial charge in [0.05, 0.1) is 17.7 Å². The zero-order chi connectivity index (χ0) is 27.4. The third kappa shape index (κ3) is 6.16. The van der Waals surface area contributed by atoms with Gasteiger partial charge in [-0.2, -0.15) is 4.31 Å². The lowest BCUT2D eigenvalue weighted by molar-refractivity contribution is -0.124. The minimum atomic E-state index is -3.88. The lowest BCUT2D eigenvalue weighted by Crippen LogP contribution is -2.52. The van der Waals surface area contributed by atoms with E-state index < -0.39 is 22.2 Å². The fourth-order valence-corrected chi connectivity index (χ4v) is 6.69. The van der Waals surface area contributed by atoms with Crippen molar-refractivity contribution in [1.29, 1.82) is 0 Å². The molecule has 3 aromatic rings. The van der Waals surface area contributed by atoms with E-state index in [4.69, 9.17) is 27.9 Å². The van der Waals surface area contributed by atoms with Gasteiger partial charge in [-0.05, 0) is 36.8 Å². The number of morpholine rings is 1. The van der Waals surface area contributed by atoms with Crippen molar-refractivity contribution in [2.24, 2.45) is 7.05 Å². The summed E-state index contributed by atoms with van der Waals surface area (Å²) in [7, 11) is -2.07. The number of aromatic nitrogens is 1. The molecule has 1 saturated heterocycles. The van der Waals surface area contributed by atoms with Crippen molar-refractivity contribution in [3.63, 3.8) is 0 Å². The third-order valence-electron chi connectivity index (χ3n) is 6.50. The van der Waals surface area contributed by atoms with Crippen LogP contribution in [0.3, 0.4) is 0 Å². The number of halogens is 2. The molecule has 1 aliphatic heterocycles. The number of nitrogens with zero attached hydrogens (tertiary/aromatic N) is 2. The molecular weight excluding hydrogens is 551 g/mol. The Kier molecular flexibility index (Phi) is 9.00. The lowest BCUT2D eigenvalue weighted by atomic mass is 10.1. The number of nitrogens with one attached hydrogen (secondary N) is 2. The number of carbonyl (C=O) groups is 2. The average Bonchev–Trinajstić information content (AvgIpc) is 3.23. The molecule has 204 valence electrons. The van der Waals surface area contributed by atoms with Crippen molar-refractivity contribution < 1.29 is 22.7 Å². The molecule has 2 amide bonds. The molecule has 38 heavy (non-hydrogen) atoms. The largest absolute Gasteiger partial charge is 0.374 e. The first-order valence-electron chi connectivity index (χ1n) is 12.3. The van der Waals surface area contributed by atoms with Gasteiger partial charge < -0.3 is 19.9 Å². The molecule has 1 fully saturated rings. The number of benzene rings is 2. The summed E-state index contributed by atoms with van der Waals surface area (Å²) in [5.74, 6) is -0.702. The van der Waals surface area contributed by atoms with Gasteiger partial charge in [0, 0.05) is 42.6 Å². The fourth-order valence-electron chi connectivity index (χ4n) is 4.49. The Bertz CT molecular complexity index is 1440. The van der Waals surface area contributed by atoms with Crippen LogP contribution in [0.4, 0.5) is 0 Å². The van der Waals surface area contributed by atoms with E-state index in [-0.39, 0.29) is 48.0 Å². The van der Waals surface area contributed by atoms with Crippen molar-refractivity contribution in [3.05, 3.63) is 64.3 Å². The number of para-hydroxylation sites is 1. The third-order valence-corrected chi connectivity index (χ3v) is 9.08. The molecular formula is C26H30Cl2N4O5S. The number of ether oxygens (including phenoxy) is 1. The van der Waals surface area contributed by atoms with Gasteiger partial charge in [-0.15, -0.1) is 0 Å². The molecule has 0 spiro atoms. The number of amides is 2. The second kappa shape index (κ2) is 12.0. The van der Waals surface area contributed by atoms with Crippen molar-refractivity contribution in [1.82, 2.24) is 19.5 Å². The second-order valence-corrected chi connectivity index (χ2v) is 11.9. The Morgan fingerprint density at radius 1 is 1.16 bits per heavy atom. The molecule has 1 unspecified atom stereocenters. The molecule has 1 aromatic heterocycles. The second-order valence-electron chi connectivity index (χ2n) is 9.14. The van der Waals surface area contributed by atoms with Crippen molar-refractivity contribution in [2.45, 2.75) is 36.8 Å². The zero-order valence-electron chi connectivity index (χ0n) is 21.1. The van der Waals surface area contributed by atoms with E-state index in [1.807, 2.05) is 38.2 Å². The zero-order valence-corrected chi connectivity index (χ0v) is 23.4. The molecule has 2 N–H and O–H groups in total. The van der Waals surface area contributed by atoms with E-state index in [0.29, 0.717) is 23.6 Å². The van der Waals surface area contributed by atoms with Gasteiger partial charge in [-0.3, -0.25) is 9.59 Å². The Labute approximate surface area is 232 Å². The van der Waals surface area contributed by atoms with Crippen molar-refractivity contribution in [3.8, 4) is 0 Å². The molecule has 2 aromatic carbocycles. The van der Waals surface area contributed by atoms with E-state index in [1.54, 1.807) is 10.6 Å². The number of rotatable bonds is 9. The number of hydrogen-bond donors (Lipinski definition) is 2. The van der Waals surface area contributed by atoms with Crippen LogP contribution in [-0.2, 0) is 26.6 Å². The first kappa shape index (κ1) is 28.4. The molecule has 12 heteroatoms. The fraction of sp³-hybridized carbons (Fsp3) is 0.385. The molecule has 0 radical (unpaired) electrons. The summed E-state index contributed by atoms with van der Waals surface area (Å²) in [6.45, 7) is 2.39. The first-order valence-corrected chi connectivity index (χ1v) is 14.5. The van der Waals surface area contributed by atoms with Crippen LogP contribution in [0.15, 0.2) is 53.4 Å². The number of hydrogen-bond acceptors (Lipinski definition) is 5. The Morgan fingerprint density at radius 3 is 2.63 bits per heavy atom. The van der Waals surface area contributed by atoms with E-state index in [2.05, 4.69) is 10.6 Å². The lowest BCUT2D eigenvalue weighted by Gasteiger charge is -2.32. The van der Waals surface area contributed by atoms with Crippen LogP contribution < -0.4 is 10.6 Å². The van der Waals surface area contributed by atoms with Gasteiger partial charge in [0.25, 0.3) is 5.91 Å². The van der Waals surface area contributed by atoms with Crippen molar-refractivity contribution in [2.75, 3.05) is 26.2 Å². The van der Waals surface area contributed by atoms with Crippen LogP contribution in [0.1, 0.15) is 30.3 Å². The summed E-state index contributed by atoms with van der Waals surface area (Å²) >= 11 is 12.0. The van der Waals surface area contributed by atoms with Crippen LogP contribution in [0.5, 0.6) is 0 Å². The molecule has 4 rings (SSSR count). The van der Waals surface area contributed by atoms with E-state index in [0.717, 1.165) is 10.9 Å². The van der Waals surface area contributed by atoms with E-state index >= 15 is 0 Å². The van der Waals surface area contributed by atoms with Gasteiger partial charge >= 0.3 is 0 Å². The molecule has 0 aliphatic carbocycles. The highest BCUT2D eigenvalue weighted by atomic mass is 35.5. The highest BCUT2D eigenvalue weighted by molar-refractivity contribution is 7.89. The molecule has 1 aliphatic rings. The normalized spacial score (nSPS) is 17.3. The van der Waals surface area contributed by atoms with Crippen LogP contribution in [0.2, 0.25) is 10.0 Å². The topological polar surface area (TPSA) is 110 Å². The van der Waals surface area contributed by atoms with Gasteiger partial charge in [-0.25, -0.2) is 8.42 Å². The summed E-state index contributed by atoms with van der Waals surface area (Å²) in [5.41, 5.74) is 1.38. The standard InChI is InChI=1S/C26H30Cl2N4O5S/c1-3-6-21(30-26(34)23-13-17-7-4-5-8-22(17)31(23)2)25(33)29-15-19-16-32(11-12-37-19)38(35,36)24-10-9-18(27)14-20(24)28/h4-5,7-10,13-14,19,21H,3,6,11-12,15-16H2,1-2H3,(H,29,33)(H,30,34)/t19?,21-/m0/s1. The van der Waals surface area contributed by atoms with Crippen LogP contribution in [0, 0.1) is 0 Å². The molecule has 0 bridgehead atoms. The van der Waals surface area contributed by atoms with Crippen molar-refractivity contribution >= 4 is 55.9 Å². The molecule has 9 nitrogen and oxygen atoms in total. The quantitative estimate of drug-likeness (QED) is 0.402. The summed E-state index contributed by atoms with van der Waals surface area (Å²) in [5, 5.41) is 6.97. The maximum Gasteiger partial charge on any atom is 0.268 e. The van der Waals surface area contributed by atoms with E-state index in [9.17, 15) is 18.0 Å². The summed E-state index contributed by atoms with van der Waals surface area (Å²) in [6.07, 6.45) is 0.564. The number of sulfonamides is 1. The van der Waals surface area contributed by atoms with Crippen LogP contribution >= 0.6 is 23.2 Å². The summed E-state index contributed by atoms with van der Waals surface area (Å²) < 4.78 is 35.1. The average molecular weight is 582 g/mol. The van der Waals surface area contributed by atoms with Crippen LogP contribution in [0.25, 0.3) is 10.9 Å². The summed E-state index contributed by atoms with van der Waals surface area (Å²) in [4.78, 5) is 26.0. The Balaban J connectivity index is 1.38. The predicted octanol–water partition coefficient (Wildman–Crippen LogP) is 3.59. The monoisotopic (exact) mass is 580 g/mol. The number of fused-ring (bicyclic) bond motifs is 1. The van der Waals surface area contributed by atoms with Gasteiger partial charge in [0.15, 0.2) is 0 Å². The Morgan fingerprint density at radius 2 is 1.92 bits per heavy atom. The number of carbonyl (C=O) groups excluding carboxylic acids is 2. The highest BCUT2D eigenvalue weighted by Gasteiger charge is 2.33. The predicted molar refractivity (Wildman–Crippen MR) is 147 cm³/mol. The van der Waals surface area contributed by atoms with Gasteiger partial charge in [0.1, 0.15) is 16.6 Å². The molecule has 0 saturated carbocycles. The van der Waals surface area contributed by atoms with Crippen LogP contribution in [-0.4, -0.2) is 67.5 Å². The molecule has 2 heterocycles. The van der Waals surface area contributed by atoms with E-state index in [1.165, 1.54) is 22.5 Å². The Hall–Kier alpha value is -2.63. The maximum absolute atomic E-state index is 13.2. The summed E-state index contributed by atoms with van der Waals surface area (Å²) in [6, 6.07) is 12.9. The number of aryl methyl sites for hydroxylation is 1. The highest BCUT2D eigenvalue weighted by Crippen LogP contribution is 2.28.